The van der Waals surface area contributed by atoms with E-state index >= 15 is 0 Å². The third kappa shape index (κ3) is 9.44. The van der Waals surface area contributed by atoms with E-state index in [9.17, 15) is 51.3 Å². The molecule has 0 amide bonds. The van der Waals surface area contributed by atoms with E-state index in [1.165, 1.54) is 0 Å². The van der Waals surface area contributed by atoms with Gasteiger partial charge in [-0.25, -0.2) is 0 Å². The maximum atomic E-state index is 14.1. The molecule has 0 spiro atoms. The van der Waals surface area contributed by atoms with Gasteiger partial charge in [0.15, 0.2) is 9.84 Å². The second-order valence-corrected chi connectivity index (χ2v) is 15.8. The maximum Gasteiger partial charge on any atom is 0.269 e. The number of hydrogen-bond donors (Lipinski definition) is 0. The van der Waals surface area contributed by atoms with Crippen LogP contribution in [0.25, 0.3) is 0 Å². The third-order valence-corrected chi connectivity index (χ3v) is 9.09. The van der Waals surface area contributed by atoms with Gasteiger partial charge in [-0.1, -0.05) is 19.8 Å². The van der Waals surface area contributed by atoms with Gasteiger partial charge in [0.1, 0.15) is 0 Å². The van der Waals surface area contributed by atoms with Crippen molar-refractivity contribution in [1.82, 2.24) is 0 Å². The van der Waals surface area contributed by atoms with E-state index in [0.29, 0.717) is 49.2 Å². The van der Waals surface area contributed by atoms with E-state index in [1.807, 2.05) is 0 Å². The van der Waals surface area contributed by atoms with Crippen LogP contribution < -0.4 is 0 Å². The van der Waals surface area contributed by atoms with E-state index < -0.39 is 61.0 Å². The lowest BCUT2D eigenvalue weighted by atomic mass is 10.2. The van der Waals surface area contributed by atoms with Gasteiger partial charge < -0.3 is 0 Å². The minimum Gasteiger partial charge on any atom is -0.258 e. The highest BCUT2D eigenvalue weighted by atomic mass is 35.7. The Kier molecular flexibility index (Phi) is 8.05. The summed E-state index contributed by atoms with van der Waals surface area (Å²) in [5.74, 6) is -1.74. The minimum absolute atomic E-state index is 0.0622. The summed E-state index contributed by atoms with van der Waals surface area (Å²) in [5, 5.41) is 19.2. The molecule has 0 saturated heterocycles. The number of unbranched alkanes of at least 4 members (excludes halogenated alkanes) is 1. The lowest BCUT2D eigenvalue weighted by Gasteiger charge is -2.50. The number of rotatable bonds is 9. The summed E-state index contributed by atoms with van der Waals surface area (Å²) in [6.07, 6.45) is 1.20. The molecule has 0 aliphatic rings. The first kappa shape index (κ1) is 32.0. The standard InChI is InChI=1S/C12H16ClF4NO2S.C6H4ClF4NO2S/c1-2-3-4-10(13)9-21(14,15,16,17)12-7-5-11(6-8-12)18(19)20;7-15(8,9,10,11)6-3-1-5(2-4-6)12(13)14/h5-8,10H,2-4,9H2,1H3;1-4H. The van der Waals surface area contributed by atoms with Crippen molar-refractivity contribution >= 4 is 52.5 Å². The minimum atomic E-state index is -8.74. The number of alkyl halides is 1. The lowest BCUT2D eigenvalue weighted by Crippen LogP contribution is -2.25. The summed E-state index contributed by atoms with van der Waals surface area (Å²) in [5.41, 5.74) is -1.10. The summed E-state index contributed by atoms with van der Waals surface area (Å²) in [7, 11) is -13.3. The second-order valence-electron chi connectivity index (χ2n) is 7.62. The predicted molar refractivity (Wildman–Crippen MR) is 127 cm³/mol. The zero-order chi connectivity index (χ0) is 28.3. The van der Waals surface area contributed by atoms with Crippen molar-refractivity contribution in [2.45, 2.75) is 41.4 Å². The van der Waals surface area contributed by atoms with Crippen LogP contribution in [-0.2, 0) is 0 Å². The monoisotopic (exact) mass is 614 g/mol. The molecule has 0 aliphatic carbocycles. The van der Waals surface area contributed by atoms with Crippen LogP contribution in [0.4, 0.5) is 42.5 Å². The fourth-order valence-electron chi connectivity index (χ4n) is 2.66. The summed E-state index contributed by atoms with van der Waals surface area (Å²) < 4.78 is 106. The van der Waals surface area contributed by atoms with Gasteiger partial charge in [-0.05, 0) is 30.7 Å². The Morgan fingerprint density at radius 3 is 1.44 bits per heavy atom. The number of benzene rings is 2. The van der Waals surface area contributed by atoms with Crippen molar-refractivity contribution in [2.75, 3.05) is 5.75 Å². The molecule has 1 unspecified atom stereocenters. The molecular weight excluding hydrogens is 595 g/mol. The van der Waals surface area contributed by atoms with Gasteiger partial charge in [0, 0.05) is 40.3 Å². The molecule has 0 aromatic heterocycles. The molecule has 0 heterocycles. The molecule has 0 fully saturated rings. The average Bonchev–Trinajstić information content (AvgIpc) is 2.70. The van der Waals surface area contributed by atoms with Crippen LogP contribution in [-0.4, -0.2) is 21.0 Å². The van der Waals surface area contributed by atoms with Gasteiger partial charge in [-0.2, -0.15) is 0 Å². The molecule has 0 aliphatic heterocycles. The van der Waals surface area contributed by atoms with Gasteiger partial charge in [0.05, 0.1) is 25.4 Å². The highest BCUT2D eigenvalue weighted by Gasteiger charge is 2.65. The number of nitro groups is 2. The van der Waals surface area contributed by atoms with Crippen molar-refractivity contribution in [1.29, 1.82) is 0 Å². The second kappa shape index (κ2) is 9.06. The van der Waals surface area contributed by atoms with Crippen LogP contribution in [0.5, 0.6) is 0 Å². The van der Waals surface area contributed by atoms with Crippen LogP contribution in [0.15, 0.2) is 58.3 Å². The average molecular weight is 615 g/mol. The van der Waals surface area contributed by atoms with Crippen molar-refractivity contribution in [3.05, 3.63) is 68.8 Å². The maximum absolute atomic E-state index is 14.1. The van der Waals surface area contributed by atoms with Gasteiger partial charge in [-0.3, -0.25) is 20.2 Å². The van der Waals surface area contributed by atoms with Crippen molar-refractivity contribution in [3.63, 3.8) is 0 Å². The van der Waals surface area contributed by atoms with E-state index in [4.69, 9.17) is 11.6 Å². The molecule has 36 heavy (non-hydrogen) atoms. The quantitative estimate of drug-likeness (QED) is 0.122. The normalized spacial score (nSPS) is 16.8. The van der Waals surface area contributed by atoms with E-state index in [2.05, 4.69) is 10.7 Å². The lowest BCUT2D eigenvalue weighted by molar-refractivity contribution is -0.385. The van der Waals surface area contributed by atoms with E-state index in [-0.39, 0.29) is 18.6 Å². The Morgan fingerprint density at radius 2 is 1.14 bits per heavy atom. The van der Waals surface area contributed by atoms with Crippen LogP contribution in [0.2, 0.25) is 0 Å². The van der Waals surface area contributed by atoms with Crippen molar-refractivity contribution in [3.8, 4) is 0 Å². The molecule has 2 rings (SSSR count). The molecule has 18 heteroatoms. The molecule has 1 atom stereocenters. The molecule has 0 radical (unpaired) electrons. The molecule has 6 nitrogen and oxygen atoms in total. The zero-order valence-corrected chi connectivity index (χ0v) is 21.3. The van der Waals surface area contributed by atoms with Gasteiger partial charge in [0.25, 0.3) is 20.4 Å². The zero-order valence-electron chi connectivity index (χ0n) is 18.1. The highest BCUT2D eigenvalue weighted by molar-refractivity contribution is 8.65. The first-order chi connectivity index (χ1) is 15.8. The summed E-state index contributed by atoms with van der Waals surface area (Å²) in [4.78, 5) is 15.6. The number of hydrogen-bond acceptors (Lipinski definition) is 4. The van der Waals surface area contributed by atoms with Crippen molar-refractivity contribution in [2.24, 2.45) is 0 Å². The molecule has 208 valence electrons. The number of halogens is 10. The Bertz CT molecular complexity index is 1130. The van der Waals surface area contributed by atoms with Gasteiger partial charge in [-0.15, -0.1) is 42.7 Å². The fourth-order valence-corrected chi connectivity index (χ4v) is 6.36. The summed E-state index contributed by atoms with van der Waals surface area (Å²) in [6.45, 7) is 1.80. The molecule has 0 bridgehead atoms. The molecule has 2 aromatic rings. The van der Waals surface area contributed by atoms with E-state index in [1.54, 1.807) is 6.92 Å². The first-order valence-electron chi connectivity index (χ1n) is 9.65. The summed E-state index contributed by atoms with van der Waals surface area (Å²) in [6, 6.07) is 3.66. The first-order valence-corrected chi connectivity index (χ1v) is 15.2. The van der Waals surface area contributed by atoms with Gasteiger partial charge >= 0.3 is 0 Å². The van der Waals surface area contributed by atoms with E-state index in [0.717, 1.165) is 0 Å². The smallest absolute Gasteiger partial charge is 0.258 e. The number of nitro benzene ring substituents is 2. The number of nitrogens with zero attached hydrogens (tertiary/aromatic N) is 2. The Balaban J connectivity index is 0.000000381. The van der Waals surface area contributed by atoms with Crippen molar-refractivity contribution < 1.29 is 40.9 Å². The topological polar surface area (TPSA) is 86.3 Å². The number of non-ortho nitro benzene ring substituents is 2. The highest BCUT2D eigenvalue weighted by Crippen LogP contribution is 3.04. The molecular formula is C18H20Cl2F8N2O4S2. The van der Waals surface area contributed by atoms with Gasteiger partial charge in [0.2, 0.25) is 0 Å². The molecule has 0 saturated carbocycles. The largest absolute Gasteiger partial charge is 0.269 e. The SMILES string of the molecule is CCCCC(Cl)CS(F)(F)(F)(F)c1ccc([N+](=O)[O-])cc1.O=[N+]([O-])c1ccc(S(F)(F)(F)(F)Cl)cc1. The molecule has 2 aromatic carbocycles. The Morgan fingerprint density at radius 1 is 0.778 bits per heavy atom. The summed E-state index contributed by atoms with van der Waals surface area (Å²) >= 11 is 5.62. The van der Waals surface area contributed by atoms with Crippen LogP contribution >= 0.6 is 41.2 Å². The Hall–Kier alpha value is -2.04. The predicted octanol–water partition coefficient (Wildman–Crippen LogP) is 10.7. The third-order valence-electron chi connectivity index (χ3n) is 4.45. The fraction of sp³-hybridized carbons (Fsp3) is 0.333. The molecule has 0 N–H and O–H groups in total. The Labute approximate surface area is 209 Å². The van der Waals surface area contributed by atoms with Crippen LogP contribution in [0.1, 0.15) is 26.2 Å². The van der Waals surface area contributed by atoms with Crippen LogP contribution in [0.3, 0.4) is 0 Å². The van der Waals surface area contributed by atoms with Crippen LogP contribution in [0, 0.1) is 20.2 Å².